The largest absolute Gasteiger partial charge is 0.388 e. The number of fused-ring (bicyclic) bond motifs is 1. The Morgan fingerprint density at radius 1 is 1.48 bits per heavy atom. The van der Waals surface area contributed by atoms with Crippen LogP contribution in [0.2, 0.25) is 0 Å². The molecule has 1 fully saturated rings. The number of carbonyl (C=O) groups excluding carboxylic acids is 1. The van der Waals surface area contributed by atoms with Gasteiger partial charge in [0.25, 0.3) is 0 Å². The van der Waals surface area contributed by atoms with Gasteiger partial charge in [-0.2, -0.15) is 0 Å². The molecule has 1 saturated carbocycles. The Morgan fingerprint density at radius 2 is 2.24 bits per heavy atom. The second-order valence-electron chi connectivity index (χ2n) is 5.95. The molecule has 21 heavy (non-hydrogen) atoms. The monoisotopic (exact) mass is 290 g/mol. The van der Waals surface area contributed by atoms with Crippen molar-refractivity contribution in [3.05, 3.63) is 35.3 Å². The average molecular weight is 290 g/mol. The molecule has 1 heterocycles. The van der Waals surface area contributed by atoms with Gasteiger partial charge in [0.15, 0.2) is 0 Å². The fourth-order valence-electron chi connectivity index (χ4n) is 2.83. The Balaban J connectivity index is 1.73. The Labute approximate surface area is 122 Å². The summed E-state index contributed by atoms with van der Waals surface area (Å²) in [5.74, 6) is -0.462. The molecule has 0 atom stereocenters. The summed E-state index contributed by atoms with van der Waals surface area (Å²) >= 11 is 0. The van der Waals surface area contributed by atoms with Crippen molar-refractivity contribution in [2.24, 2.45) is 0 Å². The molecule has 5 heteroatoms. The third-order valence-electron chi connectivity index (χ3n) is 4.32. The second kappa shape index (κ2) is 5.15. The van der Waals surface area contributed by atoms with E-state index >= 15 is 0 Å². The van der Waals surface area contributed by atoms with Gasteiger partial charge in [0.05, 0.1) is 12.0 Å². The third-order valence-corrected chi connectivity index (χ3v) is 4.32. The lowest BCUT2D eigenvalue weighted by molar-refractivity contribution is -0.122. The van der Waals surface area contributed by atoms with Gasteiger partial charge in [-0.15, -0.1) is 0 Å². The van der Waals surface area contributed by atoms with Crippen LogP contribution in [-0.4, -0.2) is 28.1 Å². The summed E-state index contributed by atoms with van der Waals surface area (Å²) in [6.07, 6.45) is 2.67. The maximum absolute atomic E-state index is 13.4. The Kier molecular flexibility index (Phi) is 3.45. The first-order valence-corrected chi connectivity index (χ1v) is 7.23. The van der Waals surface area contributed by atoms with Crippen molar-refractivity contribution in [2.75, 3.05) is 6.54 Å². The minimum Gasteiger partial charge on any atom is -0.388 e. The quantitative estimate of drug-likeness (QED) is 0.808. The molecular formula is C16H19FN2O2. The minimum atomic E-state index is -0.725. The van der Waals surface area contributed by atoms with Crippen molar-refractivity contribution in [1.82, 2.24) is 10.3 Å². The predicted octanol–water partition coefficient (Wildman–Crippen LogP) is 2.19. The lowest BCUT2D eigenvalue weighted by Gasteiger charge is -2.36. The van der Waals surface area contributed by atoms with Crippen LogP contribution < -0.4 is 5.32 Å². The van der Waals surface area contributed by atoms with Crippen LogP contribution in [0.4, 0.5) is 4.39 Å². The van der Waals surface area contributed by atoms with E-state index in [2.05, 4.69) is 10.3 Å². The van der Waals surface area contributed by atoms with Crippen molar-refractivity contribution >= 4 is 16.8 Å². The van der Waals surface area contributed by atoms with E-state index in [0.717, 1.165) is 41.4 Å². The molecule has 112 valence electrons. The number of rotatable bonds is 4. The van der Waals surface area contributed by atoms with E-state index in [1.807, 2.05) is 6.92 Å². The van der Waals surface area contributed by atoms with E-state index in [1.54, 1.807) is 6.07 Å². The highest BCUT2D eigenvalue weighted by Gasteiger charge is 2.34. The number of aromatic amines is 1. The molecule has 0 spiro atoms. The summed E-state index contributed by atoms with van der Waals surface area (Å²) in [6, 6.07) is 4.52. The number of amides is 1. The molecule has 1 aromatic heterocycles. The summed E-state index contributed by atoms with van der Waals surface area (Å²) in [5.41, 5.74) is 1.78. The molecule has 1 aliphatic rings. The number of hydrogen-bond acceptors (Lipinski definition) is 2. The normalized spacial score (nSPS) is 16.7. The molecule has 0 bridgehead atoms. The van der Waals surface area contributed by atoms with E-state index < -0.39 is 5.60 Å². The third kappa shape index (κ3) is 2.78. The highest BCUT2D eigenvalue weighted by atomic mass is 19.1. The summed E-state index contributed by atoms with van der Waals surface area (Å²) in [7, 11) is 0. The zero-order valence-corrected chi connectivity index (χ0v) is 12.0. The van der Waals surface area contributed by atoms with Crippen molar-refractivity contribution in [1.29, 1.82) is 0 Å². The predicted molar refractivity (Wildman–Crippen MR) is 78.5 cm³/mol. The molecule has 1 aliphatic carbocycles. The molecular weight excluding hydrogens is 271 g/mol. The molecule has 1 aromatic carbocycles. The van der Waals surface area contributed by atoms with Crippen LogP contribution in [-0.2, 0) is 11.2 Å². The van der Waals surface area contributed by atoms with Crippen LogP contribution in [0.5, 0.6) is 0 Å². The van der Waals surface area contributed by atoms with Gasteiger partial charge in [-0.25, -0.2) is 4.39 Å². The SMILES string of the molecule is Cc1[nH]c2ccc(F)cc2c1CC(=O)NCC1(O)CCC1. The lowest BCUT2D eigenvalue weighted by atomic mass is 9.80. The van der Waals surface area contributed by atoms with E-state index in [9.17, 15) is 14.3 Å². The highest BCUT2D eigenvalue weighted by Crippen LogP contribution is 2.30. The van der Waals surface area contributed by atoms with Crippen molar-refractivity contribution < 1.29 is 14.3 Å². The molecule has 4 nitrogen and oxygen atoms in total. The number of aromatic nitrogens is 1. The van der Waals surface area contributed by atoms with Gasteiger partial charge in [-0.3, -0.25) is 4.79 Å². The topological polar surface area (TPSA) is 65.1 Å². The first kappa shape index (κ1) is 14.1. The first-order valence-electron chi connectivity index (χ1n) is 7.23. The average Bonchev–Trinajstić information content (AvgIpc) is 2.71. The number of aliphatic hydroxyl groups is 1. The van der Waals surface area contributed by atoms with Crippen molar-refractivity contribution in [3.63, 3.8) is 0 Å². The Bertz CT molecular complexity index is 689. The Hall–Kier alpha value is -1.88. The number of aryl methyl sites for hydroxylation is 1. The minimum absolute atomic E-state index is 0.149. The van der Waals surface area contributed by atoms with Crippen molar-refractivity contribution in [3.8, 4) is 0 Å². The maximum Gasteiger partial charge on any atom is 0.224 e. The number of nitrogens with one attached hydrogen (secondary N) is 2. The molecule has 1 amide bonds. The molecule has 2 aromatic rings. The molecule has 0 radical (unpaired) electrons. The summed E-state index contributed by atoms with van der Waals surface area (Å²) < 4.78 is 13.4. The van der Waals surface area contributed by atoms with E-state index in [0.29, 0.717) is 6.54 Å². The van der Waals surface area contributed by atoms with Crippen LogP contribution in [0.1, 0.15) is 30.5 Å². The molecule has 3 N–H and O–H groups in total. The first-order chi connectivity index (χ1) is 9.97. The van der Waals surface area contributed by atoms with Crippen LogP contribution in [0.15, 0.2) is 18.2 Å². The number of carbonyl (C=O) groups is 1. The number of halogens is 1. The maximum atomic E-state index is 13.4. The Morgan fingerprint density at radius 3 is 2.90 bits per heavy atom. The van der Waals surface area contributed by atoms with Crippen LogP contribution in [0.3, 0.4) is 0 Å². The lowest BCUT2D eigenvalue weighted by Crippen LogP contribution is -2.48. The summed E-state index contributed by atoms with van der Waals surface area (Å²) in [5, 5.41) is 13.5. The van der Waals surface area contributed by atoms with E-state index in [4.69, 9.17) is 0 Å². The van der Waals surface area contributed by atoms with E-state index in [1.165, 1.54) is 12.1 Å². The fourth-order valence-corrected chi connectivity index (χ4v) is 2.83. The van der Waals surface area contributed by atoms with Crippen molar-refractivity contribution in [2.45, 2.75) is 38.2 Å². The molecule has 0 unspecified atom stereocenters. The van der Waals surface area contributed by atoms with Crippen LogP contribution in [0.25, 0.3) is 10.9 Å². The summed E-state index contributed by atoms with van der Waals surface area (Å²) in [4.78, 5) is 15.2. The zero-order valence-electron chi connectivity index (χ0n) is 12.0. The van der Waals surface area contributed by atoms with Gasteiger partial charge < -0.3 is 15.4 Å². The summed E-state index contributed by atoms with van der Waals surface area (Å²) in [6.45, 7) is 2.17. The number of benzene rings is 1. The second-order valence-corrected chi connectivity index (χ2v) is 5.95. The van der Waals surface area contributed by atoms with E-state index in [-0.39, 0.29) is 18.1 Å². The van der Waals surface area contributed by atoms with Gasteiger partial charge in [-0.1, -0.05) is 0 Å². The van der Waals surface area contributed by atoms with Crippen LogP contribution >= 0.6 is 0 Å². The number of hydrogen-bond donors (Lipinski definition) is 3. The fraction of sp³-hybridized carbons (Fsp3) is 0.438. The van der Waals surface area contributed by atoms with Crippen LogP contribution in [0, 0.1) is 12.7 Å². The van der Waals surface area contributed by atoms with Gasteiger partial charge >= 0.3 is 0 Å². The zero-order chi connectivity index (χ0) is 15.0. The van der Waals surface area contributed by atoms with Gasteiger partial charge in [0, 0.05) is 23.1 Å². The molecule has 0 aliphatic heterocycles. The van der Waals surface area contributed by atoms with Gasteiger partial charge in [0.1, 0.15) is 5.82 Å². The number of H-pyrrole nitrogens is 1. The van der Waals surface area contributed by atoms with Gasteiger partial charge in [0.2, 0.25) is 5.91 Å². The standard InChI is InChI=1S/C16H19FN2O2/c1-10-12(13-7-11(17)3-4-14(13)19-10)8-15(20)18-9-16(21)5-2-6-16/h3-4,7,19,21H,2,5-6,8-9H2,1H3,(H,18,20). The highest BCUT2D eigenvalue weighted by molar-refractivity contribution is 5.90. The van der Waals surface area contributed by atoms with Gasteiger partial charge in [-0.05, 0) is 49.9 Å². The molecule has 0 saturated heterocycles. The smallest absolute Gasteiger partial charge is 0.224 e. The molecule has 3 rings (SSSR count).